The Hall–Kier alpha value is -2.52. The van der Waals surface area contributed by atoms with Gasteiger partial charge in [0.05, 0.1) is 14.2 Å². The van der Waals surface area contributed by atoms with Crippen molar-refractivity contribution in [2.75, 3.05) is 14.2 Å². The fraction of sp³-hybridized carbons (Fsp3) is 0.273. The molecule has 0 unspecified atom stereocenters. The summed E-state index contributed by atoms with van der Waals surface area (Å²) in [6.07, 6.45) is 0. The van der Waals surface area contributed by atoms with Crippen LogP contribution >= 0.6 is 0 Å². The largest absolute Gasteiger partial charge is 0.497 e. The van der Waals surface area contributed by atoms with E-state index in [0.717, 1.165) is 17.1 Å². The predicted octanol–water partition coefficient (Wildman–Crippen LogP) is 5.27. The van der Waals surface area contributed by atoms with E-state index in [1.54, 1.807) is 14.2 Å². The molecule has 1 N–H and O–H groups in total. The van der Waals surface area contributed by atoms with E-state index in [1.807, 2.05) is 18.2 Å². The summed E-state index contributed by atoms with van der Waals surface area (Å²) < 4.78 is 10.9. The average Bonchev–Trinajstić information content (AvgIpc) is 2.66. The molecular formula is C22H25NO2. The van der Waals surface area contributed by atoms with Gasteiger partial charge in [-0.3, -0.25) is 0 Å². The second-order valence-electron chi connectivity index (χ2n) is 6.32. The van der Waals surface area contributed by atoms with Crippen molar-refractivity contribution in [2.24, 2.45) is 0 Å². The summed E-state index contributed by atoms with van der Waals surface area (Å²) in [6.45, 7) is 4.34. The van der Waals surface area contributed by atoms with Crippen LogP contribution in [0.1, 0.15) is 37.1 Å². The van der Waals surface area contributed by atoms with Gasteiger partial charge >= 0.3 is 0 Å². The van der Waals surface area contributed by atoms with Crippen LogP contribution in [0, 0.1) is 0 Å². The second-order valence-corrected chi connectivity index (χ2v) is 6.32. The number of benzene rings is 3. The third-order valence-electron chi connectivity index (χ3n) is 4.68. The van der Waals surface area contributed by atoms with Crippen LogP contribution in [0.15, 0.2) is 60.7 Å². The van der Waals surface area contributed by atoms with Gasteiger partial charge in [0.15, 0.2) is 0 Å². The molecule has 2 atom stereocenters. The number of ether oxygens (including phenoxy) is 2. The summed E-state index contributed by atoms with van der Waals surface area (Å²) in [5, 5.41) is 6.20. The maximum atomic E-state index is 5.52. The molecular weight excluding hydrogens is 310 g/mol. The summed E-state index contributed by atoms with van der Waals surface area (Å²) >= 11 is 0. The standard InChI is InChI=1S/C22H25NO2/c1-15(18-10-9-17-7-5-6-8-19(17)13-18)23-16(2)21-14-20(24-3)11-12-22(21)25-4/h5-16,23H,1-4H3/t15-,16-/m1/s1. The molecule has 3 nitrogen and oxygen atoms in total. The van der Waals surface area contributed by atoms with E-state index in [2.05, 4.69) is 61.6 Å². The molecule has 0 bridgehead atoms. The van der Waals surface area contributed by atoms with Gasteiger partial charge in [0.2, 0.25) is 0 Å². The van der Waals surface area contributed by atoms with Gasteiger partial charge in [-0.1, -0.05) is 36.4 Å². The first-order chi connectivity index (χ1) is 12.1. The molecule has 3 aromatic rings. The van der Waals surface area contributed by atoms with Crippen molar-refractivity contribution in [2.45, 2.75) is 25.9 Å². The number of hydrogen-bond donors (Lipinski definition) is 1. The molecule has 3 rings (SSSR count). The van der Waals surface area contributed by atoms with Crippen LogP contribution in [0.5, 0.6) is 11.5 Å². The molecule has 0 radical (unpaired) electrons. The van der Waals surface area contributed by atoms with E-state index in [9.17, 15) is 0 Å². The lowest BCUT2D eigenvalue weighted by Gasteiger charge is -2.23. The lowest BCUT2D eigenvalue weighted by Crippen LogP contribution is -2.23. The number of hydrogen-bond acceptors (Lipinski definition) is 3. The van der Waals surface area contributed by atoms with Gasteiger partial charge < -0.3 is 14.8 Å². The fourth-order valence-electron chi connectivity index (χ4n) is 3.22. The van der Waals surface area contributed by atoms with Gasteiger partial charge in [-0.15, -0.1) is 0 Å². The van der Waals surface area contributed by atoms with Crippen molar-refractivity contribution < 1.29 is 9.47 Å². The third kappa shape index (κ3) is 3.77. The van der Waals surface area contributed by atoms with Crippen molar-refractivity contribution in [1.29, 1.82) is 0 Å². The van der Waals surface area contributed by atoms with Crippen LogP contribution in [0.3, 0.4) is 0 Å². The molecule has 0 aliphatic carbocycles. The Morgan fingerprint density at radius 2 is 1.52 bits per heavy atom. The maximum absolute atomic E-state index is 5.52. The Balaban J connectivity index is 1.82. The van der Waals surface area contributed by atoms with Gasteiger partial charge in [0, 0.05) is 17.6 Å². The molecule has 0 amide bonds. The van der Waals surface area contributed by atoms with Crippen LogP contribution in [0.2, 0.25) is 0 Å². The molecule has 0 saturated heterocycles. The van der Waals surface area contributed by atoms with E-state index in [1.165, 1.54) is 16.3 Å². The molecule has 130 valence electrons. The van der Waals surface area contributed by atoms with Crippen LogP contribution < -0.4 is 14.8 Å². The summed E-state index contributed by atoms with van der Waals surface area (Å²) in [6, 6.07) is 21.3. The fourth-order valence-corrected chi connectivity index (χ4v) is 3.22. The highest BCUT2D eigenvalue weighted by Crippen LogP contribution is 2.31. The number of rotatable bonds is 6. The highest BCUT2D eigenvalue weighted by atomic mass is 16.5. The van der Waals surface area contributed by atoms with E-state index in [0.29, 0.717) is 0 Å². The Morgan fingerprint density at radius 3 is 2.24 bits per heavy atom. The lowest BCUT2D eigenvalue weighted by molar-refractivity contribution is 0.387. The van der Waals surface area contributed by atoms with Crippen molar-refractivity contribution in [3.63, 3.8) is 0 Å². The molecule has 0 aliphatic rings. The first kappa shape index (κ1) is 17.3. The molecule has 0 aromatic heterocycles. The summed E-state index contributed by atoms with van der Waals surface area (Å²) in [4.78, 5) is 0. The van der Waals surface area contributed by atoms with E-state index in [4.69, 9.17) is 9.47 Å². The minimum absolute atomic E-state index is 0.131. The summed E-state index contributed by atoms with van der Waals surface area (Å²) in [7, 11) is 3.38. The van der Waals surface area contributed by atoms with Crippen molar-refractivity contribution in [3.05, 3.63) is 71.8 Å². The Bertz CT molecular complexity index is 860. The maximum Gasteiger partial charge on any atom is 0.123 e. The van der Waals surface area contributed by atoms with Gasteiger partial charge in [-0.2, -0.15) is 0 Å². The molecule has 0 fully saturated rings. The SMILES string of the molecule is COc1ccc(OC)c([C@@H](C)N[C@H](C)c2ccc3ccccc3c2)c1. The van der Waals surface area contributed by atoms with Gasteiger partial charge in [0.25, 0.3) is 0 Å². The average molecular weight is 335 g/mol. The first-order valence-corrected chi connectivity index (χ1v) is 8.59. The Labute approximate surface area is 149 Å². The zero-order valence-corrected chi connectivity index (χ0v) is 15.2. The first-order valence-electron chi connectivity index (χ1n) is 8.59. The topological polar surface area (TPSA) is 30.5 Å². The highest BCUT2D eigenvalue weighted by molar-refractivity contribution is 5.83. The normalized spacial score (nSPS) is 13.4. The van der Waals surface area contributed by atoms with Gasteiger partial charge in [-0.25, -0.2) is 0 Å². The molecule has 0 spiro atoms. The number of nitrogens with one attached hydrogen (secondary N) is 1. The zero-order chi connectivity index (χ0) is 17.8. The van der Waals surface area contributed by atoms with Crippen molar-refractivity contribution in [3.8, 4) is 11.5 Å². The lowest BCUT2D eigenvalue weighted by atomic mass is 10.0. The van der Waals surface area contributed by atoms with Crippen molar-refractivity contribution >= 4 is 10.8 Å². The highest BCUT2D eigenvalue weighted by Gasteiger charge is 2.16. The zero-order valence-electron chi connectivity index (χ0n) is 15.2. The van der Waals surface area contributed by atoms with Crippen LogP contribution in [0.4, 0.5) is 0 Å². The summed E-state index contributed by atoms with van der Waals surface area (Å²) in [5.41, 5.74) is 2.36. The van der Waals surface area contributed by atoms with E-state index < -0.39 is 0 Å². The smallest absolute Gasteiger partial charge is 0.123 e. The molecule has 0 aliphatic heterocycles. The van der Waals surface area contributed by atoms with Crippen LogP contribution in [-0.4, -0.2) is 14.2 Å². The summed E-state index contributed by atoms with van der Waals surface area (Å²) in [5.74, 6) is 1.70. The van der Waals surface area contributed by atoms with E-state index in [-0.39, 0.29) is 12.1 Å². The second kappa shape index (κ2) is 7.58. The van der Waals surface area contributed by atoms with Crippen molar-refractivity contribution in [1.82, 2.24) is 5.32 Å². The molecule has 0 heterocycles. The quantitative estimate of drug-likeness (QED) is 0.666. The van der Waals surface area contributed by atoms with E-state index >= 15 is 0 Å². The van der Waals surface area contributed by atoms with Gasteiger partial charge in [0.1, 0.15) is 11.5 Å². The van der Waals surface area contributed by atoms with Crippen LogP contribution in [-0.2, 0) is 0 Å². The molecule has 3 aromatic carbocycles. The minimum atomic E-state index is 0.131. The monoisotopic (exact) mass is 335 g/mol. The minimum Gasteiger partial charge on any atom is -0.497 e. The number of methoxy groups -OCH3 is 2. The predicted molar refractivity (Wildman–Crippen MR) is 103 cm³/mol. The van der Waals surface area contributed by atoms with Crippen LogP contribution in [0.25, 0.3) is 10.8 Å². The number of fused-ring (bicyclic) bond motifs is 1. The third-order valence-corrected chi connectivity index (χ3v) is 4.68. The Kier molecular flexibility index (Phi) is 5.25. The molecule has 3 heteroatoms. The Morgan fingerprint density at radius 1 is 0.760 bits per heavy atom. The molecule has 0 saturated carbocycles. The molecule has 25 heavy (non-hydrogen) atoms. The van der Waals surface area contributed by atoms with Gasteiger partial charge in [-0.05, 0) is 54.4 Å².